The molecule has 3 heterocycles. The summed E-state index contributed by atoms with van der Waals surface area (Å²) < 4.78 is 10.7. The average Bonchev–Trinajstić information content (AvgIpc) is 3.05. The summed E-state index contributed by atoms with van der Waals surface area (Å²) in [6.07, 6.45) is 0. The highest BCUT2D eigenvalue weighted by Crippen LogP contribution is 2.21. The van der Waals surface area contributed by atoms with Crippen LogP contribution in [-0.2, 0) is 4.74 Å². The molecule has 0 radical (unpaired) electrons. The van der Waals surface area contributed by atoms with Crippen molar-refractivity contribution in [3.8, 4) is 11.5 Å². The predicted molar refractivity (Wildman–Crippen MR) is 76.6 cm³/mol. The Bertz CT molecular complexity index is 765. The second-order valence-corrected chi connectivity index (χ2v) is 4.93. The van der Waals surface area contributed by atoms with Crippen molar-refractivity contribution in [2.24, 2.45) is 0 Å². The number of hydrogen-bond acceptors (Lipinski definition) is 6. The minimum atomic E-state index is -0.0412. The van der Waals surface area contributed by atoms with E-state index < -0.39 is 0 Å². The molecular formula is C15H14N4O2. The molecule has 0 amide bonds. The number of pyridine rings is 1. The zero-order valence-electron chi connectivity index (χ0n) is 11.3. The van der Waals surface area contributed by atoms with Gasteiger partial charge in [0, 0.05) is 11.9 Å². The third kappa shape index (κ3) is 2.39. The molecule has 1 aliphatic rings. The summed E-state index contributed by atoms with van der Waals surface area (Å²) in [7, 11) is 0. The molecule has 6 nitrogen and oxygen atoms in total. The lowest BCUT2D eigenvalue weighted by molar-refractivity contribution is 0.0659. The van der Waals surface area contributed by atoms with Gasteiger partial charge < -0.3 is 14.6 Å². The molecule has 0 aliphatic carbocycles. The van der Waals surface area contributed by atoms with Gasteiger partial charge in [0.05, 0.1) is 18.7 Å². The van der Waals surface area contributed by atoms with E-state index in [1.165, 1.54) is 0 Å². The second-order valence-electron chi connectivity index (χ2n) is 4.93. The van der Waals surface area contributed by atoms with Crippen LogP contribution in [0.4, 0.5) is 0 Å². The Morgan fingerprint density at radius 3 is 2.95 bits per heavy atom. The largest absolute Gasteiger partial charge is 0.378 e. The van der Waals surface area contributed by atoms with Gasteiger partial charge in [0.25, 0.3) is 0 Å². The van der Waals surface area contributed by atoms with Gasteiger partial charge in [0.15, 0.2) is 0 Å². The van der Waals surface area contributed by atoms with Crippen molar-refractivity contribution in [1.82, 2.24) is 20.4 Å². The number of hydrogen-bond donors (Lipinski definition) is 1. The summed E-state index contributed by atoms with van der Waals surface area (Å²) in [5.74, 6) is 1.04. The van der Waals surface area contributed by atoms with E-state index in [-0.39, 0.29) is 6.04 Å². The maximum atomic E-state index is 5.40. The Morgan fingerprint density at radius 2 is 2.05 bits per heavy atom. The molecule has 21 heavy (non-hydrogen) atoms. The van der Waals surface area contributed by atoms with Crippen molar-refractivity contribution in [2.45, 2.75) is 6.04 Å². The Labute approximate surface area is 121 Å². The molecule has 106 valence electrons. The molecule has 1 saturated heterocycles. The lowest BCUT2D eigenvalue weighted by atomic mass is 10.2. The van der Waals surface area contributed by atoms with Gasteiger partial charge in [-0.05, 0) is 12.1 Å². The van der Waals surface area contributed by atoms with Crippen molar-refractivity contribution in [1.29, 1.82) is 0 Å². The zero-order chi connectivity index (χ0) is 14.1. The summed E-state index contributed by atoms with van der Waals surface area (Å²) in [4.78, 5) is 9.00. The van der Waals surface area contributed by atoms with Crippen LogP contribution in [0.2, 0.25) is 0 Å². The number of nitrogens with one attached hydrogen (secondary N) is 1. The third-order valence-electron chi connectivity index (χ3n) is 3.49. The molecule has 4 rings (SSSR count). The summed E-state index contributed by atoms with van der Waals surface area (Å²) >= 11 is 0. The first-order valence-corrected chi connectivity index (χ1v) is 6.91. The van der Waals surface area contributed by atoms with Crippen LogP contribution < -0.4 is 5.32 Å². The van der Waals surface area contributed by atoms with E-state index in [4.69, 9.17) is 9.26 Å². The topological polar surface area (TPSA) is 73.1 Å². The molecule has 0 bridgehead atoms. The van der Waals surface area contributed by atoms with Gasteiger partial charge in [0.1, 0.15) is 11.7 Å². The number of ether oxygens (including phenoxy) is 1. The molecule has 1 atom stereocenters. The van der Waals surface area contributed by atoms with E-state index in [9.17, 15) is 0 Å². The van der Waals surface area contributed by atoms with E-state index in [1.807, 2.05) is 36.4 Å². The number of aromatic nitrogens is 3. The number of morpholine rings is 1. The quantitative estimate of drug-likeness (QED) is 0.774. The van der Waals surface area contributed by atoms with Crippen LogP contribution in [0.25, 0.3) is 22.4 Å². The molecule has 1 fully saturated rings. The van der Waals surface area contributed by atoms with Crippen LogP contribution in [0.15, 0.2) is 40.9 Å². The predicted octanol–water partition coefficient (Wildman–Crippen LogP) is 1.95. The molecule has 1 aromatic carbocycles. The Balaban J connectivity index is 1.67. The maximum Gasteiger partial charge on any atom is 0.246 e. The van der Waals surface area contributed by atoms with Gasteiger partial charge in [-0.1, -0.05) is 29.4 Å². The highest BCUT2D eigenvalue weighted by Gasteiger charge is 2.22. The molecule has 3 aromatic rings. The van der Waals surface area contributed by atoms with E-state index in [0.29, 0.717) is 30.6 Å². The lowest BCUT2D eigenvalue weighted by Gasteiger charge is -2.20. The number of fused-ring (bicyclic) bond motifs is 1. The van der Waals surface area contributed by atoms with E-state index in [1.54, 1.807) is 0 Å². The fourth-order valence-corrected chi connectivity index (χ4v) is 2.40. The monoisotopic (exact) mass is 282 g/mol. The van der Waals surface area contributed by atoms with E-state index >= 15 is 0 Å². The van der Waals surface area contributed by atoms with Gasteiger partial charge in [-0.25, -0.2) is 4.98 Å². The van der Waals surface area contributed by atoms with Crippen LogP contribution >= 0.6 is 0 Å². The van der Waals surface area contributed by atoms with E-state index in [2.05, 4.69) is 20.4 Å². The smallest absolute Gasteiger partial charge is 0.246 e. The first-order valence-electron chi connectivity index (χ1n) is 6.91. The molecule has 0 spiro atoms. The maximum absolute atomic E-state index is 5.40. The SMILES string of the molecule is c1ccc2nc(-c3noc(C4COCCN4)n3)ccc2c1. The fourth-order valence-electron chi connectivity index (χ4n) is 2.40. The molecular weight excluding hydrogens is 268 g/mol. The Morgan fingerprint density at radius 1 is 1.10 bits per heavy atom. The summed E-state index contributed by atoms with van der Waals surface area (Å²) in [5.41, 5.74) is 1.63. The van der Waals surface area contributed by atoms with Crippen molar-refractivity contribution in [2.75, 3.05) is 19.8 Å². The Kier molecular flexibility index (Phi) is 3.10. The number of nitrogens with zero attached hydrogens (tertiary/aromatic N) is 3. The van der Waals surface area contributed by atoms with Crippen LogP contribution in [0.5, 0.6) is 0 Å². The molecule has 1 unspecified atom stereocenters. The summed E-state index contributed by atoms with van der Waals surface area (Å²) in [6, 6.07) is 11.8. The number of para-hydroxylation sites is 1. The van der Waals surface area contributed by atoms with E-state index in [0.717, 1.165) is 17.4 Å². The highest BCUT2D eigenvalue weighted by molar-refractivity contribution is 5.80. The third-order valence-corrected chi connectivity index (χ3v) is 3.49. The minimum absolute atomic E-state index is 0.0412. The van der Waals surface area contributed by atoms with Gasteiger partial charge >= 0.3 is 0 Å². The van der Waals surface area contributed by atoms with Gasteiger partial charge in [-0.3, -0.25) is 0 Å². The van der Waals surface area contributed by atoms with Crippen LogP contribution in [0.3, 0.4) is 0 Å². The molecule has 0 saturated carbocycles. The lowest BCUT2D eigenvalue weighted by Crippen LogP contribution is -2.34. The van der Waals surface area contributed by atoms with Gasteiger partial charge in [-0.15, -0.1) is 0 Å². The van der Waals surface area contributed by atoms with Gasteiger partial charge in [-0.2, -0.15) is 4.98 Å². The van der Waals surface area contributed by atoms with Crippen molar-refractivity contribution >= 4 is 10.9 Å². The van der Waals surface area contributed by atoms with Crippen molar-refractivity contribution < 1.29 is 9.26 Å². The molecule has 1 aliphatic heterocycles. The summed E-state index contributed by atoms with van der Waals surface area (Å²) in [5, 5.41) is 8.40. The minimum Gasteiger partial charge on any atom is -0.378 e. The summed E-state index contributed by atoms with van der Waals surface area (Å²) in [6.45, 7) is 2.05. The Hall–Kier alpha value is -2.31. The zero-order valence-corrected chi connectivity index (χ0v) is 11.3. The van der Waals surface area contributed by atoms with Gasteiger partial charge in [0.2, 0.25) is 11.7 Å². The fraction of sp³-hybridized carbons (Fsp3) is 0.267. The second kappa shape index (κ2) is 5.23. The molecule has 2 aromatic heterocycles. The standard InChI is InChI=1S/C15H14N4O2/c1-2-4-11-10(3-1)5-6-12(17-11)14-18-15(21-19-14)13-9-20-8-7-16-13/h1-6,13,16H,7-9H2. The first-order chi connectivity index (χ1) is 10.4. The van der Waals surface area contributed by atoms with Crippen molar-refractivity contribution in [3.05, 3.63) is 42.3 Å². The number of benzene rings is 1. The van der Waals surface area contributed by atoms with Crippen molar-refractivity contribution in [3.63, 3.8) is 0 Å². The van der Waals surface area contributed by atoms with Crippen LogP contribution in [0, 0.1) is 0 Å². The average molecular weight is 282 g/mol. The van der Waals surface area contributed by atoms with Crippen LogP contribution in [0.1, 0.15) is 11.9 Å². The highest BCUT2D eigenvalue weighted by atomic mass is 16.5. The normalized spacial score (nSPS) is 19.0. The first kappa shape index (κ1) is 12.4. The number of rotatable bonds is 2. The molecule has 1 N–H and O–H groups in total. The van der Waals surface area contributed by atoms with Crippen LogP contribution in [-0.4, -0.2) is 34.9 Å². The molecule has 6 heteroatoms.